The highest BCUT2D eigenvalue weighted by Gasteiger charge is 2.10. The van der Waals surface area contributed by atoms with Crippen LogP contribution < -0.4 is 5.32 Å². The average Bonchev–Trinajstić information content (AvgIpc) is 2.47. The molecule has 0 aromatic heterocycles. The minimum atomic E-state index is -0.426. The molecule has 0 fully saturated rings. The van der Waals surface area contributed by atoms with Gasteiger partial charge in [-0.1, -0.05) is 25.5 Å². The third kappa shape index (κ3) is 9.48. The minimum Gasteiger partial charge on any atom is -0.389 e. The minimum absolute atomic E-state index is 0.384. The van der Waals surface area contributed by atoms with Crippen LogP contribution in [0.15, 0.2) is 12.2 Å². The van der Waals surface area contributed by atoms with Crippen LogP contribution in [0.3, 0.4) is 0 Å². The quantitative estimate of drug-likeness (QED) is 0.426. The van der Waals surface area contributed by atoms with E-state index >= 15 is 0 Å². The topological polar surface area (TPSA) is 50.7 Å². The maximum atomic E-state index is 9.78. The fraction of sp³-hybridized carbons (Fsp3) is 0.875. The second kappa shape index (κ2) is 12.3. The van der Waals surface area contributed by atoms with Crippen molar-refractivity contribution in [2.75, 3.05) is 39.5 Å². The first-order chi connectivity index (χ1) is 9.83. The smallest absolute Gasteiger partial charge is 0.0897 e. The predicted molar refractivity (Wildman–Crippen MR) is 81.9 cm³/mol. The molecule has 4 heteroatoms. The van der Waals surface area contributed by atoms with Gasteiger partial charge in [-0.05, 0) is 38.1 Å². The van der Waals surface area contributed by atoms with Crippen LogP contribution in [0.1, 0.15) is 39.0 Å². The van der Waals surface area contributed by atoms with Gasteiger partial charge >= 0.3 is 0 Å². The Morgan fingerprint density at radius 1 is 1.25 bits per heavy atom. The van der Waals surface area contributed by atoms with E-state index in [1.54, 1.807) is 0 Å². The summed E-state index contributed by atoms with van der Waals surface area (Å²) in [6.07, 6.45) is 9.95. The lowest BCUT2D eigenvalue weighted by molar-refractivity contribution is 0.00372. The van der Waals surface area contributed by atoms with E-state index in [1.165, 1.54) is 12.8 Å². The Morgan fingerprint density at radius 2 is 2.10 bits per heavy atom. The molecule has 2 unspecified atom stereocenters. The number of hydrogen-bond donors (Lipinski definition) is 2. The Morgan fingerprint density at radius 3 is 2.85 bits per heavy atom. The molecule has 0 aliphatic heterocycles. The van der Waals surface area contributed by atoms with Gasteiger partial charge in [-0.25, -0.2) is 0 Å². The number of rotatable bonds is 12. The van der Waals surface area contributed by atoms with Crippen LogP contribution in [-0.2, 0) is 9.47 Å². The van der Waals surface area contributed by atoms with Crippen molar-refractivity contribution in [2.45, 2.75) is 45.1 Å². The van der Waals surface area contributed by atoms with Crippen molar-refractivity contribution in [3.63, 3.8) is 0 Å². The van der Waals surface area contributed by atoms with Gasteiger partial charge in [0.15, 0.2) is 0 Å². The number of aliphatic hydroxyl groups excluding tert-OH is 1. The third-order valence-electron chi connectivity index (χ3n) is 3.52. The maximum Gasteiger partial charge on any atom is 0.0897 e. The van der Waals surface area contributed by atoms with Crippen molar-refractivity contribution in [2.24, 2.45) is 5.92 Å². The van der Waals surface area contributed by atoms with Crippen molar-refractivity contribution >= 4 is 0 Å². The fourth-order valence-electron chi connectivity index (χ4n) is 2.24. The summed E-state index contributed by atoms with van der Waals surface area (Å²) in [7, 11) is 0. The van der Waals surface area contributed by atoms with Gasteiger partial charge in [0.25, 0.3) is 0 Å². The first-order valence-electron chi connectivity index (χ1n) is 8.02. The highest BCUT2D eigenvalue weighted by atomic mass is 16.5. The molecule has 0 amide bonds. The van der Waals surface area contributed by atoms with Crippen molar-refractivity contribution in [1.82, 2.24) is 5.32 Å². The monoisotopic (exact) mass is 285 g/mol. The van der Waals surface area contributed by atoms with Crippen molar-refractivity contribution < 1.29 is 14.6 Å². The highest BCUT2D eigenvalue weighted by molar-refractivity contribution is 4.90. The number of unbranched alkanes of at least 4 members (excludes halogenated alkanes) is 1. The van der Waals surface area contributed by atoms with Gasteiger partial charge < -0.3 is 19.9 Å². The third-order valence-corrected chi connectivity index (χ3v) is 3.52. The molecule has 2 N–H and O–H groups in total. The van der Waals surface area contributed by atoms with Crippen molar-refractivity contribution in [3.8, 4) is 0 Å². The fourth-order valence-corrected chi connectivity index (χ4v) is 2.24. The standard InChI is InChI=1S/C16H31NO3/c1-2-3-9-19-10-11-20-14-16(18)13-17-12-15-7-5-4-6-8-15/h4-5,15-18H,2-3,6-14H2,1H3. The summed E-state index contributed by atoms with van der Waals surface area (Å²) in [4.78, 5) is 0. The molecule has 0 bridgehead atoms. The molecule has 2 atom stereocenters. The Balaban J connectivity index is 1.85. The van der Waals surface area contributed by atoms with Crippen molar-refractivity contribution in [3.05, 3.63) is 12.2 Å². The molecule has 1 aliphatic rings. The number of aliphatic hydroxyl groups is 1. The van der Waals surface area contributed by atoms with E-state index in [2.05, 4.69) is 24.4 Å². The van der Waals surface area contributed by atoms with E-state index in [4.69, 9.17) is 9.47 Å². The summed E-state index contributed by atoms with van der Waals surface area (Å²) < 4.78 is 10.8. The summed E-state index contributed by atoms with van der Waals surface area (Å²) in [5, 5.41) is 13.1. The summed E-state index contributed by atoms with van der Waals surface area (Å²) in [6, 6.07) is 0. The summed E-state index contributed by atoms with van der Waals surface area (Å²) in [5.41, 5.74) is 0. The van der Waals surface area contributed by atoms with Crippen LogP contribution in [0.4, 0.5) is 0 Å². The van der Waals surface area contributed by atoms with Gasteiger partial charge in [0.1, 0.15) is 0 Å². The zero-order valence-electron chi connectivity index (χ0n) is 12.9. The Bertz CT molecular complexity index is 246. The highest BCUT2D eigenvalue weighted by Crippen LogP contribution is 2.16. The van der Waals surface area contributed by atoms with E-state index < -0.39 is 6.10 Å². The van der Waals surface area contributed by atoms with E-state index in [9.17, 15) is 5.11 Å². The van der Waals surface area contributed by atoms with Gasteiger partial charge in [0, 0.05) is 13.2 Å². The Kier molecular flexibility index (Phi) is 10.9. The van der Waals surface area contributed by atoms with Gasteiger partial charge in [0.05, 0.1) is 25.9 Å². The van der Waals surface area contributed by atoms with Crippen LogP contribution in [0, 0.1) is 5.92 Å². The van der Waals surface area contributed by atoms with Crippen LogP contribution >= 0.6 is 0 Å². The molecule has 20 heavy (non-hydrogen) atoms. The largest absolute Gasteiger partial charge is 0.389 e. The zero-order valence-corrected chi connectivity index (χ0v) is 12.9. The van der Waals surface area contributed by atoms with E-state index in [1.807, 2.05) is 0 Å². The second-order valence-corrected chi connectivity index (χ2v) is 5.50. The van der Waals surface area contributed by atoms with Crippen LogP contribution in [-0.4, -0.2) is 50.7 Å². The van der Waals surface area contributed by atoms with Gasteiger partial charge in [-0.2, -0.15) is 0 Å². The van der Waals surface area contributed by atoms with Crippen molar-refractivity contribution in [1.29, 1.82) is 0 Å². The SMILES string of the molecule is CCCCOCCOCC(O)CNCC1CC=CCC1. The van der Waals surface area contributed by atoms with E-state index in [-0.39, 0.29) is 0 Å². The first kappa shape index (κ1) is 17.6. The van der Waals surface area contributed by atoms with E-state index in [0.717, 1.165) is 38.3 Å². The molecule has 0 spiro atoms. The van der Waals surface area contributed by atoms with Gasteiger partial charge in [0.2, 0.25) is 0 Å². The lowest BCUT2D eigenvalue weighted by atomic mass is 9.94. The Labute approximate surface area is 123 Å². The summed E-state index contributed by atoms with van der Waals surface area (Å²) in [6.45, 7) is 6.11. The normalized spacial score (nSPS) is 20.2. The molecule has 1 rings (SSSR count). The lowest BCUT2D eigenvalue weighted by Crippen LogP contribution is -2.34. The van der Waals surface area contributed by atoms with E-state index in [0.29, 0.717) is 26.4 Å². The van der Waals surface area contributed by atoms with Crippen LogP contribution in [0.5, 0.6) is 0 Å². The van der Waals surface area contributed by atoms with Gasteiger partial charge in [-0.15, -0.1) is 0 Å². The molecule has 4 nitrogen and oxygen atoms in total. The second-order valence-electron chi connectivity index (χ2n) is 5.50. The number of allylic oxidation sites excluding steroid dienone is 2. The molecular formula is C16H31NO3. The van der Waals surface area contributed by atoms with Crippen LogP contribution in [0.25, 0.3) is 0 Å². The molecule has 118 valence electrons. The number of nitrogens with one attached hydrogen (secondary N) is 1. The van der Waals surface area contributed by atoms with Gasteiger partial charge in [-0.3, -0.25) is 0 Å². The summed E-state index contributed by atoms with van der Waals surface area (Å²) in [5.74, 6) is 0.722. The molecule has 0 saturated carbocycles. The molecule has 0 aromatic rings. The maximum absolute atomic E-state index is 9.78. The first-order valence-corrected chi connectivity index (χ1v) is 8.02. The summed E-state index contributed by atoms with van der Waals surface area (Å²) >= 11 is 0. The number of hydrogen-bond acceptors (Lipinski definition) is 4. The zero-order chi connectivity index (χ0) is 14.5. The average molecular weight is 285 g/mol. The molecular weight excluding hydrogens is 254 g/mol. The molecule has 0 radical (unpaired) electrons. The van der Waals surface area contributed by atoms with Crippen LogP contribution in [0.2, 0.25) is 0 Å². The molecule has 1 aliphatic carbocycles. The molecule has 0 aromatic carbocycles. The molecule has 0 heterocycles. The molecule has 0 saturated heterocycles. The lowest BCUT2D eigenvalue weighted by Gasteiger charge is -2.19. The Hall–Kier alpha value is -0.420. The number of ether oxygens (including phenoxy) is 2. The predicted octanol–water partition coefficient (Wildman–Crippen LogP) is 2.13.